The molecule has 1 fully saturated rings. The maximum atomic E-state index is 6.03. The molecule has 3 rings (SSSR count). The van der Waals surface area contributed by atoms with Gasteiger partial charge in [-0.05, 0) is 18.1 Å². The Morgan fingerprint density at radius 1 is 1.35 bits per heavy atom. The largest absolute Gasteiger partial charge is 0.354 e. The molecule has 2 aliphatic rings. The molecule has 2 heterocycles. The van der Waals surface area contributed by atoms with Crippen molar-refractivity contribution < 1.29 is 14.3 Å². The van der Waals surface area contributed by atoms with E-state index in [2.05, 4.69) is 29.4 Å². The van der Waals surface area contributed by atoms with Crippen molar-refractivity contribution in [2.75, 3.05) is 26.6 Å². The van der Waals surface area contributed by atoms with Gasteiger partial charge in [0.2, 0.25) is 5.96 Å². The Bertz CT molecular complexity index is 541. The summed E-state index contributed by atoms with van der Waals surface area (Å²) in [6, 6.07) is 10.2. The monoisotopic (exact) mass is 317 g/mol. The first-order chi connectivity index (χ1) is 11.4. The average Bonchev–Trinajstić information content (AvgIpc) is 3.12. The van der Waals surface area contributed by atoms with Crippen LogP contribution in [0.4, 0.5) is 0 Å². The first kappa shape index (κ1) is 16.0. The van der Waals surface area contributed by atoms with Crippen molar-refractivity contribution in [3.8, 4) is 0 Å². The van der Waals surface area contributed by atoms with E-state index >= 15 is 0 Å². The molecule has 1 saturated heterocycles. The highest BCUT2D eigenvalue weighted by Crippen LogP contribution is 2.25. The Balaban J connectivity index is 1.73. The van der Waals surface area contributed by atoms with Crippen LogP contribution >= 0.6 is 0 Å². The fourth-order valence-corrected chi connectivity index (χ4v) is 2.49. The van der Waals surface area contributed by atoms with E-state index in [9.17, 15) is 0 Å². The number of nitrogens with zero attached hydrogens (tertiary/aromatic N) is 2. The number of ether oxygens (including phenoxy) is 2. The summed E-state index contributed by atoms with van der Waals surface area (Å²) in [6.07, 6.45) is 4.83. The first-order valence-corrected chi connectivity index (χ1v) is 8.03. The summed E-state index contributed by atoms with van der Waals surface area (Å²) < 4.78 is 10.7. The van der Waals surface area contributed by atoms with Gasteiger partial charge in [0, 0.05) is 12.7 Å². The fraction of sp³-hybridized carbons (Fsp3) is 0.471. The van der Waals surface area contributed by atoms with E-state index in [0.29, 0.717) is 20.0 Å². The summed E-state index contributed by atoms with van der Waals surface area (Å²) in [5, 5.41) is 5.15. The third-order valence-corrected chi connectivity index (χ3v) is 3.69. The van der Waals surface area contributed by atoms with E-state index in [-0.39, 0.29) is 12.1 Å². The number of guanidine groups is 1. The molecule has 0 aliphatic carbocycles. The van der Waals surface area contributed by atoms with E-state index in [1.165, 1.54) is 0 Å². The molecule has 6 nitrogen and oxygen atoms in total. The van der Waals surface area contributed by atoms with Gasteiger partial charge in [0.1, 0.15) is 25.5 Å². The topological polar surface area (TPSA) is 55.3 Å². The molecule has 0 amide bonds. The lowest BCUT2D eigenvalue weighted by atomic mass is 10.1. The molecule has 1 aromatic rings. The molecule has 0 saturated carbocycles. The molecule has 0 spiro atoms. The zero-order valence-corrected chi connectivity index (χ0v) is 13.4. The van der Waals surface area contributed by atoms with Gasteiger partial charge in [-0.1, -0.05) is 37.3 Å². The summed E-state index contributed by atoms with van der Waals surface area (Å²) in [5.41, 5.74) is 1.15. The molecule has 1 aromatic carbocycles. The summed E-state index contributed by atoms with van der Waals surface area (Å²) >= 11 is 0. The van der Waals surface area contributed by atoms with E-state index in [1.54, 1.807) is 0 Å². The van der Waals surface area contributed by atoms with Crippen LogP contribution in [-0.4, -0.2) is 43.7 Å². The minimum Gasteiger partial charge on any atom is -0.354 e. The minimum absolute atomic E-state index is 0.0182. The van der Waals surface area contributed by atoms with Gasteiger partial charge in [0.05, 0.1) is 6.61 Å². The van der Waals surface area contributed by atoms with Gasteiger partial charge in [-0.25, -0.2) is 10.1 Å². The highest BCUT2D eigenvalue weighted by molar-refractivity contribution is 5.81. The SMILES string of the molecule is CCCNC1=NC=CC(c2ccccc2)N1OCC1COCO1. The molecule has 0 aromatic heterocycles. The molecular formula is C17H23N3O3. The van der Waals surface area contributed by atoms with Crippen LogP contribution in [0, 0.1) is 0 Å². The van der Waals surface area contributed by atoms with Gasteiger partial charge < -0.3 is 14.8 Å². The van der Waals surface area contributed by atoms with E-state index in [4.69, 9.17) is 14.3 Å². The van der Waals surface area contributed by atoms with Gasteiger partial charge in [0.15, 0.2) is 0 Å². The van der Waals surface area contributed by atoms with Crippen molar-refractivity contribution in [2.24, 2.45) is 4.99 Å². The molecule has 1 N–H and O–H groups in total. The van der Waals surface area contributed by atoms with Crippen molar-refractivity contribution in [1.82, 2.24) is 10.4 Å². The van der Waals surface area contributed by atoms with Gasteiger partial charge in [0.25, 0.3) is 0 Å². The lowest BCUT2D eigenvalue weighted by Crippen LogP contribution is -2.45. The van der Waals surface area contributed by atoms with Crippen LogP contribution in [0.3, 0.4) is 0 Å². The molecule has 2 atom stereocenters. The van der Waals surface area contributed by atoms with Gasteiger partial charge in [-0.3, -0.25) is 4.84 Å². The second kappa shape index (κ2) is 8.10. The van der Waals surface area contributed by atoms with Crippen LogP contribution in [0.5, 0.6) is 0 Å². The number of aliphatic imine (C=N–C) groups is 1. The Kier molecular flexibility index (Phi) is 5.63. The number of hydrogen-bond donors (Lipinski definition) is 1. The van der Waals surface area contributed by atoms with E-state index in [0.717, 1.165) is 24.5 Å². The molecule has 2 aliphatic heterocycles. The van der Waals surface area contributed by atoms with Crippen LogP contribution in [0.2, 0.25) is 0 Å². The lowest BCUT2D eigenvalue weighted by Gasteiger charge is -2.34. The molecule has 23 heavy (non-hydrogen) atoms. The van der Waals surface area contributed by atoms with Crippen molar-refractivity contribution in [1.29, 1.82) is 0 Å². The average molecular weight is 317 g/mol. The standard InChI is InChI=1S/C17H23N3O3/c1-2-9-18-17-19-10-8-16(14-6-4-3-5-7-14)20(17)23-12-15-11-21-13-22-15/h3-8,10,15-16H,2,9,11-13H2,1H3,(H,18,19). The Morgan fingerprint density at radius 3 is 2.96 bits per heavy atom. The maximum absolute atomic E-state index is 6.03. The predicted octanol–water partition coefficient (Wildman–Crippen LogP) is 2.22. The number of nitrogens with one attached hydrogen (secondary N) is 1. The van der Waals surface area contributed by atoms with Gasteiger partial charge in [-0.2, -0.15) is 0 Å². The first-order valence-electron chi connectivity index (χ1n) is 8.03. The summed E-state index contributed by atoms with van der Waals surface area (Å²) in [5.74, 6) is 0.724. The highest BCUT2D eigenvalue weighted by Gasteiger charge is 2.27. The van der Waals surface area contributed by atoms with Crippen LogP contribution < -0.4 is 5.32 Å². The predicted molar refractivity (Wildman–Crippen MR) is 87.5 cm³/mol. The van der Waals surface area contributed by atoms with Crippen LogP contribution in [0.15, 0.2) is 47.6 Å². The number of benzene rings is 1. The van der Waals surface area contributed by atoms with Crippen molar-refractivity contribution >= 4 is 5.96 Å². The zero-order valence-electron chi connectivity index (χ0n) is 13.4. The summed E-state index contributed by atoms with van der Waals surface area (Å²) in [6.45, 7) is 4.30. The summed E-state index contributed by atoms with van der Waals surface area (Å²) in [7, 11) is 0. The summed E-state index contributed by atoms with van der Waals surface area (Å²) in [4.78, 5) is 10.5. The van der Waals surface area contributed by atoms with Crippen LogP contribution in [0.1, 0.15) is 24.9 Å². The van der Waals surface area contributed by atoms with Crippen molar-refractivity contribution in [3.63, 3.8) is 0 Å². The quantitative estimate of drug-likeness (QED) is 0.872. The van der Waals surface area contributed by atoms with E-state index < -0.39 is 0 Å². The Labute approximate surface area is 136 Å². The fourth-order valence-electron chi connectivity index (χ4n) is 2.49. The van der Waals surface area contributed by atoms with Gasteiger partial charge >= 0.3 is 0 Å². The van der Waals surface area contributed by atoms with E-state index in [1.807, 2.05) is 35.5 Å². The molecule has 0 radical (unpaired) electrons. The normalized spacial score (nSPS) is 23.9. The maximum Gasteiger partial charge on any atom is 0.223 e. The number of hydrogen-bond acceptors (Lipinski definition) is 6. The van der Waals surface area contributed by atoms with Crippen LogP contribution in [0.25, 0.3) is 0 Å². The molecule has 2 unspecified atom stereocenters. The highest BCUT2D eigenvalue weighted by atomic mass is 16.7. The molecule has 6 heteroatoms. The molecule has 0 bridgehead atoms. The third-order valence-electron chi connectivity index (χ3n) is 3.69. The minimum atomic E-state index is -0.0373. The van der Waals surface area contributed by atoms with Crippen molar-refractivity contribution in [3.05, 3.63) is 48.2 Å². The molecular weight excluding hydrogens is 294 g/mol. The lowest BCUT2D eigenvalue weighted by molar-refractivity contribution is -0.147. The number of hydroxylamine groups is 2. The Hall–Kier alpha value is -1.89. The van der Waals surface area contributed by atoms with Crippen molar-refractivity contribution in [2.45, 2.75) is 25.5 Å². The van der Waals surface area contributed by atoms with Gasteiger partial charge in [-0.15, -0.1) is 0 Å². The smallest absolute Gasteiger partial charge is 0.223 e. The second-order valence-corrected chi connectivity index (χ2v) is 5.48. The number of rotatable bonds is 6. The van der Waals surface area contributed by atoms with Crippen LogP contribution in [-0.2, 0) is 14.3 Å². The zero-order chi connectivity index (χ0) is 15.9. The molecule has 124 valence electrons. The second-order valence-electron chi connectivity index (χ2n) is 5.48. The third kappa shape index (κ3) is 4.10. The Morgan fingerprint density at radius 2 is 2.22 bits per heavy atom.